The van der Waals surface area contributed by atoms with Gasteiger partial charge in [-0.1, -0.05) is 13.8 Å². The Kier molecular flexibility index (Phi) is 8.24. The second kappa shape index (κ2) is 8.60. The minimum Gasteiger partial charge on any atom is -0.513 e. The summed E-state index contributed by atoms with van der Waals surface area (Å²) >= 11 is 0. The van der Waals surface area contributed by atoms with Gasteiger partial charge in [0, 0.05) is 6.42 Å². The Morgan fingerprint density at radius 3 is 2.75 bits per heavy atom. The van der Waals surface area contributed by atoms with Crippen molar-refractivity contribution in [2.24, 2.45) is 0 Å². The van der Waals surface area contributed by atoms with Crippen molar-refractivity contribution < 1.29 is 5.11 Å². The summed E-state index contributed by atoms with van der Waals surface area (Å²) < 4.78 is 0. The second-order valence-electron chi connectivity index (χ2n) is 2.94. The standard InChI is InChI=1S/C10H21NO/c1-3-7-10(12)8-5-6-9-11-4-2/h8,11-12H,3-7,9H2,1-2H3/b10-8+. The molecule has 72 valence electrons. The monoisotopic (exact) mass is 171 g/mol. The van der Waals surface area contributed by atoms with E-state index in [1.807, 2.05) is 6.08 Å². The van der Waals surface area contributed by atoms with Crippen LogP contribution >= 0.6 is 0 Å². The van der Waals surface area contributed by atoms with E-state index in [4.69, 9.17) is 0 Å². The van der Waals surface area contributed by atoms with E-state index in [1.54, 1.807) is 0 Å². The molecule has 0 aliphatic carbocycles. The van der Waals surface area contributed by atoms with E-state index in [9.17, 15) is 5.11 Å². The fourth-order valence-corrected chi connectivity index (χ4v) is 1.03. The summed E-state index contributed by atoms with van der Waals surface area (Å²) in [6.45, 7) is 6.25. The van der Waals surface area contributed by atoms with Crippen LogP contribution in [0.2, 0.25) is 0 Å². The average Bonchev–Trinajstić information content (AvgIpc) is 2.05. The summed E-state index contributed by atoms with van der Waals surface area (Å²) in [6.07, 6.45) is 5.87. The first-order valence-electron chi connectivity index (χ1n) is 4.90. The van der Waals surface area contributed by atoms with E-state index in [-0.39, 0.29) is 0 Å². The molecule has 2 nitrogen and oxygen atoms in total. The second-order valence-corrected chi connectivity index (χ2v) is 2.94. The van der Waals surface area contributed by atoms with Gasteiger partial charge in [0.1, 0.15) is 0 Å². The molecular weight excluding hydrogens is 150 g/mol. The third kappa shape index (κ3) is 7.61. The van der Waals surface area contributed by atoms with Gasteiger partial charge in [-0.3, -0.25) is 0 Å². The fraction of sp³-hybridized carbons (Fsp3) is 0.800. The number of aliphatic hydroxyl groups is 1. The third-order valence-corrected chi connectivity index (χ3v) is 1.69. The van der Waals surface area contributed by atoms with Gasteiger partial charge in [0.25, 0.3) is 0 Å². The molecule has 0 unspecified atom stereocenters. The predicted molar refractivity (Wildman–Crippen MR) is 53.4 cm³/mol. The Labute approximate surface area is 75.7 Å². The van der Waals surface area contributed by atoms with E-state index >= 15 is 0 Å². The fourth-order valence-electron chi connectivity index (χ4n) is 1.03. The molecule has 0 spiro atoms. The van der Waals surface area contributed by atoms with E-state index in [0.717, 1.165) is 38.8 Å². The van der Waals surface area contributed by atoms with Gasteiger partial charge in [-0.15, -0.1) is 0 Å². The zero-order valence-corrected chi connectivity index (χ0v) is 8.27. The predicted octanol–water partition coefficient (Wildman–Crippen LogP) is 2.62. The van der Waals surface area contributed by atoms with Crippen molar-refractivity contribution in [3.05, 3.63) is 11.8 Å². The number of rotatable bonds is 7. The largest absolute Gasteiger partial charge is 0.513 e. The van der Waals surface area contributed by atoms with Crippen LogP contribution in [0.4, 0.5) is 0 Å². The summed E-state index contributed by atoms with van der Waals surface area (Å²) in [5.41, 5.74) is 0. The summed E-state index contributed by atoms with van der Waals surface area (Å²) in [7, 11) is 0. The summed E-state index contributed by atoms with van der Waals surface area (Å²) in [5.74, 6) is 0.550. The lowest BCUT2D eigenvalue weighted by atomic mass is 10.2. The van der Waals surface area contributed by atoms with E-state index in [1.165, 1.54) is 0 Å². The summed E-state index contributed by atoms with van der Waals surface area (Å²) in [5, 5.41) is 12.5. The maximum absolute atomic E-state index is 9.25. The Bertz CT molecular complexity index is 121. The van der Waals surface area contributed by atoms with Crippen LogP contribution in [0.3, 0.4) is 0 Å². The van der Waals surface area contributed by atoms with Crippen LogP contribution in [0, 0.1) is 0 Å². The van der Waals surface area contributed by atoms with Crippen molar-refractivity contribution in [1.29, 1.82) is 0 Å². The van der Waals surface area contributed by atoms with Crippen molar-refractivity contribution in [2.45, 2.75) is 39.5 Å². The molecule has 0 radical (unpaired) electrons. The molecule has 0 heterocycles. The van der Waals surface area contributed by atoms with E-state index < -0.39 is 0 Å². The van der Waals surface area contributed by atoms with Gasteiger partial charge < -0.3 is 10.4 Å². The van der Waals surface area contributed by atoms with Gasteiger partial charge in [0.2, 0.25) is 0 Å². The molecule has 0 aliphatic rings. The van der Waals surface area contributed by atoms with Crippen LogP contribution in [-0.2, 0) is 0 Å². The average molecular weight is 171 g/mol. The smallest absolute Gasteiger partial charge is 0.0882 e. The minimum atomic E-state index is 0.550. The first-order chi connectivity index (χ1) is 5.81. The topological polar surface area (TPSA) is 32.3 Å². The number of nitrogens with one attached hydrogen (secondary N) is 1. The van der Waals surface area contributed by atoms with Crippen molar-refractivity contribution in [3.63, 3.8) is 0 Å². The van der Waals surface area contributed by atoms with Crippen molar-refractivity contribution in [3.8, 4) is 0 Å². The van der Waals surface area contributed by atoms with Crippen LogP contribution in [0.25, 0.3) is 0 Å². The van der Waals surface area contributed by atoms with Crippen LogP contribution in [-0.4, -0.2) is 18.2 Å². The Balaban J connectivity index is 3.21. The molecule has 0 aromatic carbocycles. The molecular formula is C10H21NO. The number of hydrogen-bond donors (Lipinski definition) is 2. The number of unbranched alkanes of at least 4 members (excludes halogenated alkanes) is 1. The lowest BCUT2D eigenvalue weighted by molar-refractivity contribution is 0.383. The van der Waals surface area contributed by atoms with Crippen LogP contribution < -0.4 is 5.32 Å². The number of allylic oxidation sites excluding steroid dienone is 2. The maximum Gasteiger partial charge on any atom is 0.0882 e. The molecule has 0 atom stereocenters. The first kappa shape index (κ1) is 11.5. The van der Waals surface area contributed by atoms with Crippen molar-refractivity contribution in [2.75, 3.05) is 13.1 Å². The highest BCUT2D eigenvalue weighted by Crippen LogP contribution is 2.02. The van der Waals surface area contributed by atoms with Crippen molar-refractivity contribution >= 4 is 0 Å². The molecule has 0 amide bonds. The molecule has 2 heteroatoms. The zero-order chi connectivity index (χ0) is 9.23. The summed E-state index contributed by atoms with van der Waals surface area (Å²) in [4.78, 5) is 0. The van der Waals surface area contributed by atoms with Crippen LogP contribution in [0.15, 0.2) is 11.8 Å². The molecule has 0 aliphatic heterocycles. The van der Waals surface area contributed by atoms with Gasteiger partial charge in [-0.2, -0.15) is 0 Å². The molecule has 12 heavy (non-hydrogen) atoms. The highest BCUT2D eigenvalue weighted by molar-refractivity contribution is 4.90. The normalized spacial score (nSPS) is 12.0. The lowest BCUT2D eigenvalue weighted by Crippen LogP contribution is -2.13. The van der Waals surface area contributed by atoms with Gasteiger partial charge in [0.15, 0.2) is 0 Å². The van der Waals surface area contributed by atoms with E-state index in [2.05, 4.69) is 19.2 Å². The molecule has 0 aromatic heterocycles. The molecule has 0 bridgehead atoms. The molecule has 2 N–H and O–H groups in total. The molecule has 0 fully saturated rings. The quantitative estimate of drug-likeness (QED) is 0.456. The molecule has 0 aromatic rings. The maximum atomic E-state index is 9.25. The van der Waals surface area contributed by atoms with Gasteiger partial charge in [0.05, 0.1) is 5.76 Å². The zero-order valence-electron chi connectivity index (χ0n) is 8.27. The number of aliphatic hydroxyl groups excluding tert-OH is 1. The minimum absolute atomic E-state index is 0.550. The SMILES string of the molecule is CCC/C(O)=C\CCCNCC. The molecule has 0 saturated heterocycles. The highest BCUT2D eigenvalue weighted by atomic mass is 16.3. The Morgan fingerprint density at radius 2 is 2.17 bits per heavy atom. The Morgan fingerprint density at radius 1 is 1.42 bits per heavy atom. The van der Waals surface area contributed by atoms with Gasteiger partial charge >= 0.3 is 0 Å². The van der Waals surface area contributed by atoms with Crippen molar-refractivity contribution in [1.82, 2.24) is 5.32 Å². The van der Waals surface area contributed by atoms with Gasteiger partial charge in [-0.05, 0) is 38.4 Å². The van der Waals surface area contributed by atoms with E-state index in [0.29, 0.717) is 5.76 Å². The van der Waals surface area contributed by atoms with Gasteiger partial charge in [-0.25, -0.2) is 0 Å². The lowest BCUT2D eigenvalue weighted by Gasteiger charge is -1.99. The van der Waals surface area contributed by atoms with Crippen LogP contribution in [0.5, 0.6) is 0 Å². The first-order valence-corrected chi connectivity index (χ1v) is 4.90. The molecule has 0 saturated carbocycles. The Hall–Kier alpha value is -0.500. The summed E-state index contributed by atoms with van der Waals surface area (Å²) in [6, 6.07) is 0. The highest BCUT2D eigenvalue weighted by Gasteiger charge is 1.89. The number of hydrogen-bond acceptors (Lipinski definition) is 2. The third-order valence-electron chi connectivity index (χ3n) is 1.69. The van der Waals surface area contributed by atoms with Crippen LogP contribution in [0.1, 0.15) is 39.5 Å². The molecule has 0 rings (SSSR count).